The van der Waals surface area contributed by atoms with E-state index in [1.807, 2.05) is 6.92 Å². The van der Waals surface area contributed by atoms with Crippen LogP contribution in [0.4, 0.5) is 0 Å². The van der Waals surface area contributed by atoms with Crippen LogP contribution >= 0.6 is 0 Å². The average molecular weight is 200 g/mol. The van der Waals surface area contributed by atoms with Crippen molar-refractivity contribution in [3.05, 3.63) is 11.3 Å². The predicted molar refractivity (Wildman–Crippen MR) is 62.6 cm³/mol. The molecule has 0 saturated carbocycles. The van der Waals surface area contributed by atoms with Crippen molar-refractivity contribution >= 4 is 8.07 Å². The molecule has 1 unspecified atom stereocenters. The van der Waals surface area contributed by atoms with Gasteiger partial charge in [0.15, 0.2) is 0 Å². The first-order chi connectivity index (χ1) is 5.89. The SMILES string of the molecule is CCCC/C=C(/C(C)O)[Si](C)(C)C. The molecule has 0 fully saturated rings. The predicted octanol–water partition coefficient (Wildman–Crippen LogP) is 3.36. The molecular formula is C11H24OSi. The zero-order chi connectivity index (χ0) is 10.5. The summed E-state index contributed by atoms with van der Waals surface area (Å²) in [6.45, 7) is 11.0. The lowest BCUT2D eigenvalue weighted by molar-refractivity contribution is 0.237. The van der Waals surface area contributed by atoms with Crippen LogP contribution < -0.4 is 0 Å². The molecule has 1 atom stereocenters. The summed E-state index contributed by atoms with van der Waals surface area (Å²) >= 11 is 0. The summed E-state index contributed by atoms with van der Waals surface area (Å²) in [5, 5.41) is 10.9. The topological polar surface area (TPSA) is 20.2 Å². The lowest BCUT2D eigenvalue weighted by atomic mass is 10.2. The Morgan fingerprint density at radius 1 is 1.38 bits per heavy atom. The van der Waals surface area contributed by atoms with Gasteiger partial charge < -0.3 is 5.11 Å². The van der Waals surface area contributed by atoms with Crippen LogP contribution in [0.3, 0.4) is 0 Å². The first kappa shape index (κ1) is 12.9. The number of allylic oxidation sites excluding steroid dienone is 1. The van der Waals surface area contributed by atoms with Crippen molar-refractivity contribution in [2.24, 2.45) is 0 Å². The van der Waals surface area contributed by atoms with E-state index in [0.717, 1.165) is 6.42 Å². The first-order valence-electron chi connectivity index (χ1n) is 5.28. The smallest absolute Gasteiger partial charge is 0.0753 e. The summed E-state index contributed by atoms with van der Waals surface area (Å²) in [6.07, 6.45) is 5.61. The molecule has 0 radical (unpaired) electrons. The fraction of sp³-hybridized carbons (Fsp3) is 0.818. The van der Waals surface area contributed by atoms with Gasteiger partial charge >= 0.3 is 0 Å². The summed E-state index contributed by atoms with van der Waals surface area (Å²) in [6, 6.07) is 0. The van der Waals surface area contributed by atoms with Crippen molar-refractivity contribution in [3.8, 4) is 0 Å². The van der Waals surface area contributed by atoms with Crippen LogP contribution in [0.15, 0.2) is 11.3 Å². The van der Waals surface area contributed by atoms with E-state index in [0.29, 0.717) is 0 Å². The molecule has 1 N–H and O–H groups in total. The molecule has 2 heteroatoms. The molecule has 0 bridgehead atoms. The minimum atomic E-state index is -1.29. The van der Waals surface area contributed by atoms with Gasteiger partial charge in [-0.15, -0.1) is 0 Å². The van der Waals surface area contributed by atoms with Gasteiger partial charge in [0.2, 0.25) is 0 Å². The second kappa shape index (κ2) is 5.61. The maximum atomic E-state index is 9.61. The fourth-order valence-corrected chi connectivity index (χ4v) is 3.58. The second-order valence-electron chi connectivity index (χ2n) is 4.73. The highest BCUT2D eigenvalue weighted by Crippen LogP contribution is 2.19. The van der Waals surface area contributed by atoms with Crippen molar-refractivity contribution in [3.63, 3.8) is 0 Å². The Balaban J connectivity index is 4.34. The van der Waals surface area contributed by atoms with Gasteiger partial charge in [-0.3, -0.25) is 0 Å². The van der Waals surface area contributed by atoms with E-state index < -0.39 is 8.07 Å². The van der Waals surface area contributed by atoms with Crippen LogP contribution in [0.25, 0.3) is 0 Å². The number of hydrogen-bond acceptors (Lipinski definition) is 1. The van der Waals surface area contributed by atoms with Gasteiger partial charge in [0.05, 0.1) is 14.2 Å². The lowest BCUT2D eigenvalue weighted by Crippen LogP contribution is -2.30. The molecule has 0 aliphatic heterocycles. The Morgan fingerprint density at radius 3 is 2.23 bits per heavy atom. The van der Waals surface area contributed by atoms with Gasteiger partial charge in [-0.05, 0) is 13.3 Å². The van der Waals surface area contributed by atoms with Crippen molar-refractivity contribution in [1.82, 2.24) is 0 Å². The van der Waals surface area contributed by atoms with Crippen LogP contribution in [-0.2, 0) is 0 Å². The molecule has 0 saturated heterocycles. The summed E-state index contributed by atoms with van der Waals surface area (Å²) < 4.78 is 0. The molecule has 0 aliphatic carbocycles. The number of rotatable bonds is 5. The molecule has 0 aromatic heterocycles. The Morgan fingerprint density at radius 2 is 1.92 bits per heavy atom. The van der Waals surface area contributed by atoms with Crippen LogP contribution in [0.1, 0.15) is 33.1 Å². The molecule has 78 valence electrons. The molecular weight excluding hydrogens is 176 g/mol. The maximum Gasteiger partial charge on any atom is 0.0753 e. The molecule has 0 aromatic carbocycles. The van der Waals surface area contributed by atoms with Gasteiger partial charge in [0.1, 0.15) is 0 Å². The average Bonchev–Trinajstić information content (AvgIpc) is 1.94. The van der Waals surface area contributed by atoms with E-state index in [9.17, 15) is 5.11 Å². The molecule has 13 heavy (non-hydrogen) atoms. The standard InChI is InChI=1S/C11H24OSi/c1-6-7-8-9-11(10(2)12)13(3,4)5/h9-10,12H,6-8H2,1-5H3/b11-9-. The summed E-state index contributed by atoms with van der Waals surface area (Å²) in [5.74, 6) is 0. The van der Waals surface area contributed by atoms with E-state index in [4.69, 9.17) is 0 Å². The van der Waals surface area contributed by atoms with Crippen molar-refractivity contribution in [2.75, 3.05) is 0 Å². The molecule has 0 spiro atoms. The number of hydrogen-bond donors (Lipinski definition) is 1. The summed E-state index contributed by atoms with van der Waals surface area (Å²) in [7, 11) is -1.29. The third-order valence-electron chi connectivity index (χ3n) is 2.24. The van der Waals surface area contributed by atoms with Gasteiger partial charge in [-0.1, -0.05) is 50.7 Å². The minimum absolute atomic E-state index is 0.247. The molecule has 1 nitrogen and oxygen atoms in total. The van der Waals surface area contributed by atoms with Crippen molar-refractivity contribution < 1.29 is 5.11 Å². The molecule has 0 amide bonds. The highest BCUT2D eigenvalue weighted by Gasteiger charge is 2.22. The summed E-state index contributed by atoms with van der Waals surface area (Å²) in [4.78, 5) is 0. The Hall–Kier alpha value is -0.0831. The number of aliphatic hydroxyl groups excluding tert-OH is 1. The Bertz CT molecular complexity index is 165. The van der Waals surface area contributed by atoms with Gasteiger partial charge in [-0.2, -0.15) is 0 Å². The molecule has 0 aliphatic rings. The van der Waals surface area contributed by atoms with Crippen molar-refractivity contribution in [1.29, 1.82) is 0 Å². The van der Waals surface area contributed by atoms with Crippen LogP contribution in [0.5, 0.6) is 0 Å². The minimum Gasteiger partial charge on any atom is -0.389 e. The van der Waals surface area contributed by atoms with Gasteiger partial charge in [0.25, 0.3) is 0 Å². The maximum absolute atomic E-state index is 9.61. The highest BCUT2D eigenvalue weighted by molar-refractivity contribution is 6.83. The second-order valence-corrected chi connectivity index (χ2v) is 9.81. The third-order valence-corrected chi connectivity index (χ3v) is 4.59. The fourth-order valence-electron chi connectivity index (χ4n) is 1.57. The van der Waals surface area contributed by atoms with E-state index in [1.165, 1.54) is 18.0 Å². The van der Waals surface area contributed by atoms with E-state index in [1.54, 1.807) is 0 Å². The zero-order valence-electron chi connectivity index (χ0n) is 9.72. The largest absolute Gasteiger partial charge is 0.389 e. The quantitative estimate of drug-likeness (QED) is 0.533. The van der Waals surface area contributed by atoms with E-state index >= 15 is 0 Å². The summed E-state index contributed by atoms with van der Waals surface area (Å²) in [5.41, 5.74) is 0. The lowest BCUT2D eigenvalue weighted by Gasteiger charge is -2.23. The molecule has 0 rings (SSSR count). The zero-order valence-corrected chi connectivity index (χ0v) is 10.7. The normalized spacial score (nSPS) is 16.0. The van der Waals surface area contributed by atoms with Crippen LogP contribution in [0, 0.1) is 0 Å². The van der Waals surface area contributed by atoms with Crippen LogP contribution in [-0.4, -0.2) is 19.3 Å². The van der Waals surface area contributed by atoms with E-state index in [-0.39, 0.29) is 6.10 Å². The Labute approximate surface area is 83.9 Å². The van der Waals surface area contributed by atoms with Crippen LogP contribution in [0.2, 0.25) is 19.6 Å². The molecule has 0 heterocycles. The third kappa shape index (κ3) is 5.27. The number of unbranched alkanes of at least 4 members (excludes halogenated alkanes) is 2. The highest BCUT2D eigenvalue weighted by atomic mass is 28.3. The van der Waals surface area contributed by atoms with E-state index in [2.05, 4.69) is 32.6 Å². The monoisotopic (exact) mass is 200 g/mol. The Kier molecular flexibility index (Phi) is 5.57. The van der Waals surface area contributed by atoms with Gasteiger partial charge in [0, 0.05) is 0 Å². The number of aliphatic hydroxyl groups is 1. The van der Waals surface area contributed by atoms with Gasteiger partial charge in [-0.25, -0.2) is 0 Å². The van der Waals surface area contributed by atoms with Crippen molar-refractivity contribution in [2.45, 2.75) is 58.9 Å². The first-order valence-corrected chi connectivity index (χ1v) is 8.78. The molecule has 0 aromatic rings.